The summed E-state index contributed by atoms with van der Waals surface area (Å²) < 4.78 is 14.1. The maximum atomic E-state index is 14.1. The fourth-order valence-electron chi connectivity index (χ4n) is 4.61. The molecule has 6 nitrogen and oxygen atoms in total. The summed E-state index contributed by atoms with van der Waals surface area (Å²) in [6.45, 7) is 7.49. The number of halogens is 1. The van der Waals surface area contributed by atoms with Gasteiger partial charge in [0.1, 0.15) is 11.6 Å². The van der Waals surface area contributed by atoms with Crippen LogP contribution in [-0.4, -0.2) is 39.8 Å². The molecule has 1 saturated heterocycles. The lowest BCUT2D eigenvalue weighted by Gasteiger charge is -2.31. The summed E-state index contributed by atoms with van der Waals surface area (Å²) in [7, 11) is 0. The predicted molar refractivity (Wildman–Crippen MR) is 121 cm³/mol. The summed E-state index contributed by atoms with van der Waals surface area (Å²) in [5.41, 5.74) is 2.30. The lowest BCUT2D eigenvalue weighted by Crippen LogP contribution is -2.39. The molecule has 2 aliphatic rings. The van der Waals surface area contributed by atoms with Crippen molar-refractivity contribution < 1.29 is 14.0 Å². The molecule has 0 radical (unpaired) electrons. The van der Waals surface area contributed by atoms with Crippen LogP contribution in [0.3, 0.4) is 0 Å². The Morgan fingerprint density at radius 1 is 1.22 bits per heavy atom. The second-order valence-corrected chi connectivity index (χ2v) is 9.21. The molecule has 3 heterocycles. The molecule has 0 bridgehead atoms. The van der Waals surface area contributed by atoms with Crippen LogP contribution in [0.2, 0.25) is 0 Å². The van der Waals surface area contributed by atoms with Crippen molar-refractivity contribution in [2.75, 3.05) is 18.0 Å². The Bertz CT molecular complexity index is 1020. The van der Waals surface area contributed by atoms with Crippen molar-refractivity contribution >= 4 is 17.6 Å². The Hall–Kier alpha value is -2.83. The van der Waals surface area contributed by atoms with Crippen molar-refractivity contribution in [1.29, 1.82) is 0 Å². The van der Waals surface area contributed by atoms with E-state index in [0.717, 1.165) is 30.5 Å². The van der Waals surface area contributed by atoms with Gasteiger partial charge in [-0.3, -0.25) is 14.5 Å². The summed E-state index contributed by atoms with van der Waals surface area (Å²) in [6, 6.07) is 6.14. The highest BCUT2D eigenvalue weighted by Crippen LogP contribution is 2.35. The highest BCUT2D eigenvalue weighted by atomic mass is 19.1. The van der Waals surface area contributed by atoms with Gasteiger partial charge in [-0.25, -0.2) is 14.4 Å². The van der Waals surface area contributed by atoms with Crippen LogP contribution < -0.4 is 4.90 Å². The quantitative estimate of drug-likeness (QED) is 0.679. The first-order valence-corrected chi connectivity index (χ1v) is 11.6. The molecule has 1 aromatic heterocycles. The zero-order valence-electron chi connectivity index (χ0n) is 19.1. The van der Waals surface area contributed by atoms with Gasteiger partial charge in [0.25, 0.3) is 0 Å². The number of hydrogen-bond acceptors (Lipinski definition) is 4. The van der Waals surface area contributed by atoms with Gasteiger partial charge in [0.2, 0.25) is 11.8 Å². The molecule has 1 fully saturated rings. The number of fused-ring (bicyclic) bond motifs is 1. The Morgan fingerprint density at radius 2 is 2.00 bits per heavy atom. The predicted octanol–water partition coefficient (Wildman–Crippen LogP) is 4.16. The molecule has 2 amide bonds. The van der Waals surface area contributed by atoms with Gasteiger partial charge in [-0.2, -0.15) is 0 Å². The Morgan fingerprint density at radius 3 is 2.75 bits per heavy atom. The monoisotopic (exact) mass is 438 g/mol. The third kappa shape index (κ3) is 4.52. The molecule has 170 valence electrons. The molecule has 0 aliphatic carbocycles. The maximum absolute atomic E-state index is 14.1. The first kappa shape index (κ1) is 22.4. The molecule has 4 rings (SSSR count). The topological polar surface area (TPSA) is 66.4 Å². The van der Waals surface area contributed by atoms with E-state index in [1.807, 2.05) is 6.92 Å². The number of carbonyl (C=O) groups excluding carboxylic acids is 2. The number of carbonyl (C=O) groups is 2. The minimum absolute atomic E-state index is 0.0199. The van der Waals surface area contributed by atoms with Crippen LogP contribution in [0.5, 0.6) is 0 Å². The number of rotatable bonds is 6. The van der Waals surface area contributed by atoms with E-state index < -0.39 is 0 Å². The van der Waals surface area contributed by atoms with Crippen LogP contribution in [0.1, 0.15) is 68.2 Å². The average molecular weight is 439 g/mol. The smallest absolute Gasteiger partial charge is 0.228 e. The molecule has 2 aromatic rings. The van der Waals surface area contributed by atoms with E-state index in [1.165, 1.54) is 6.07 Å². The molecule has 2 aliphatic heterocycles. The first-order valence-electron chi connectivity index (χ1n) is 11.6. The number of aromatic nitrogens is 2. The largest absolute Gasteiger partial charge is 0.332 e. The minimum atomic E-state index is -0.364. The van der Waals surface area contributed by atoms with E-state index in [0.29, 0.717) is 49.1 Å². The van der Waals surface area contributed by atoms with Gasteiger partial charge in [0.05, 0.1) is 12.5 Å². The van der Waals surface area contributed by atoms with Crippen molar-refractivity contribution in [1.82, 2.24) is 14.9 Å². The highest BCUT2D eigenvalue weighted by Gasteiger charge is 2.35. The van der Waals surface area contributed by atoms with Gasteiger partial charge in [-0.1, -0.05) is 32.0 Å². The molecule has 0 N–H and O–H groups in total. The minimum Gasteiger partial charge on any atom is -0.332 e. The average Bonchev–Trinajstić information content (AvgIpc) is 3.24. The molecule has 1 atom stereocenters. The normalized spacial score (nSPS) is 18.4. The van der Waals surface area contributed by atoms with Gasteiger partial charge >= 0.3 is 0 Å². The third-order valence-electron chi connectivity index (χ3n) is 6.46. The Balaban J connectivity index is 1.61. The van der Waals surface area contributed by atoms with E-state index in [2.05, 4.69) is 13.8 Å². The van der Waals surface area contributed by atoms with Gasteiger partial charge < -0.3 is 4.90 Å². The lowest BCUT2D eigenvalue weighted by molar-refractivity contribution is -0.131. The van der Waals surface area contributed by atoms with Crippen LogP contribution in [0, 0.1) is 18.7 Å². The number of nitrogens with zero attached hydrogens (tertiary/aromatic N) is 4. The second-order valence-electron chi connectivity index (χ2n) is 9.21. The summed E-state index contributed by atoms with van der Waals surface area (Å²) in [4.78, 5) is 38.9. The van der Waals surface area contributed by atoms with Crippen molar-refractivity contribution in [3.8, 4) is 0 Å². The summed E-state index contributed by atoms with van der Waals surface area (Å²) in [5.74, 6) is 1.39. The maximum Gasteiger partial charge on any atom is 0.228 e. The van der Waals surface area contributed by atoms with Crippen LogP contribution in [0.4, 0.5) is 10.2 Å². The first-order chi connectivity index (χ1) is 15.3. The summed E-state index contributed by atoms with van der Waals surface area (Å²) in [5, 5.41) is 0. The highest BCUT2D eigenvalue weighted by molar-refractivity contribution is 5.95. The second kappa shape index (κ2) is 9.35. The molecule has 1 aromatic carbocycles. The van der Waals surface area contributed by atoms with E-state index in [-0.39, 0.29) is 30.1 Å². The number of hydrogen-bond donors (Lipinski definition) is 0. The molecule has 0 spiro atoms. The number of aryl methyl sites for hydroxylation is 1. The van der Waals surface area contributed by atoms with Crippen LogP contribution in [0.25, 0.3) is 0 Å². The SMILES string of the molecule is Cc1nc(C2CCCN2C(=O)Cc2ccccc2F)nc2c1CCC(=O)N2CCC(C)C. The number of benzene rings is 1. The van der Waals surface area contributed by atoms with Crippen LogP contribution >= 0.6 is 0 Å². The number of anilines is 1. The molecule has 7 heteroatoms. The summed E-state index contributed by atoms with van der Waals surface area (Å²) in [6.07, 6.45) is 3.67. The number of amides is 2. The van der Waals surface area contributed by atoms with Crippen molar-refractivity contribution in [2.24, 2.45) is 5.92 Å². The fraction of sp³-hybridized carbons (Fsp3) is 0.520. The number of likely N-dealkylation sites (tertiary alicyclic amines) is 1. The molecule has 32 heavy (non-hydrogen) atoms. The molecule has 0 saturated carbocycles. The summed E-state index contributed by atoms with van der Waals surface area (Å²) >= 11 is 0. The van der Waals surface area contributed by atoms with E-state index in [1.54, 1.807) is 28.0 Å². The van der Waals surface area contributed by atoms with E-state index >= 15 is 0 Å². The Labute approximate surface area is 188 Å². The Kier molecular flexibility index (Phi) is 6.53. The van der Waals surface area contributed by atoms with Crippen molar-refractivity contribution in [3.63, 3.8) is 0 Å². The zero-order chi connectivity index (χ0) is 22.8. The molecule has 1 unspecified atom stereocenters. The van der Waals surface area contributed by atoms with E-state index in [9.17, 15) is 14.0 Å². The van der Waals surface area contributed by atoms with Gasteiger partial charge in [0.15, 0.2) is 5.82 Å². The van der Waals surface area contributed by atoms with E-state index in [4.69, 9.17) is 9.97 Å². The standard InChI is InChI=1S/C25H31FN4O2/c1-16(2)12-14-30-22(31)11-10-19-17(3)27-24(28-25(19)30)21-9-6-13-29(21)23(32)15-18-7-4-5-8-20(18)26/h4-5,7-8,16,21H,6,9-15H2,1-3H3. The lowest BCUT2D eigenvalue weighted by atomic mass is 10.0. The van der Waals surface area contributed by atoms with Crippen LogP contribution in [0.15, 0.2) is 24.3 Å². The van der Waals surface area contributed by atoms with Gasteiger partial charge in [0, 0.05) is 30.8 Å². The van der Waals surface area contributed by atoms with Gasteiger partial charge in [-0.05, 0) is 50.2 Å². The molecular weight excluding hydrogens is 407 g/mol. The van der Waals surface area contributed by atoms with Crippen molar-refractivity contribution in [2.45, 2.75) is 65.3 Å². The third-order valence-corrected chi connectivity index (χ3v) is 6.46. The molecular formula is C25H31FN4O2. The van der Waals surface area contributed by atoms with Crippen LogP contribution in [-0.2, 0) is 22.4 Å². The van der Waals surface area contributed by atoms with Crippen molar-refractivity contribution in [3.05, 3.63) is 52.7 Å². The fourth-order valence-corrected chi connectivity index (χ4v) is 4.61. The van der Waals surface area contributed by atoms with Gasteiger partial charge in [-0.15, -0.1) is 0 Å². The zero-order valence-corrected chi connectivity index (χ0v) is 19.1.